The Labute approximate surface area is 129 Å². The van der Waals surface area contributed by atoms with E-state index >= 15 is 0 Å². The zero-order valence-electron chi connectivity index (χ0n) is 11.6. The molecular weight excluding hydrogens is 342 g/mol. The fourth-order valence-corrected chi connectivity index (χ4v) is 4.08. The molecule has 1 aromatic carbocycles. The van der Waals surface area contributed by atoms with Crippen molar-refractivity contribution in [3.8, 4) is 0 Å². The highest BCUT2D eigenvalue weighted by Crippen LogP contribution is 2.28. The molecule has 0 spiro atoms. The van der Waals surface area contributed by atoms with Crippen molar-refractivity contribution in [1.82, 2.24) is 4.72 Å². The van der Waals surface area contributed by atoms with Crippen LogP contribution in [0.4, 0.5) is 0 Å². The zero-order chi connectivity index (χ0) is 14.6. The molecule has 0 bridgehead atoms. The highest BCUT2D eigenvalue weighted by atomic mass is 79.9. The summed E-state index contributed by atoms with van der Waals surface area (Å²) in [5, 5.41) is 0. The van der Waals surface area contributed by atoms with Gasteiger partial charge in [0.25, 0.3) is 0 Å². The van der Waals surface area contributed by atoms with E-state index in [1.807, 2.05) is 6.92 Å². The lowest BCUT2D eigenvalue weighted by atomic mass is 10.2. The molecule has 0 aromatic heterocycles. The lowest BCUT2D eigenvalue weighted by Crippen LogP contribution is -2.26. The zero-order valence-corrected chi connectivity index (χ0v) is 14.0. The molecule has 0 unspecified atom stereocenters. The van der Waals surface area contributed by atoms with E-state index in [-0.39, 0.29) is 4.90 Å². The number of benzene rings is 1. The van der Waals surface area contributed by atoms with Crippen molar-refractivity contribution in [2.24, 2.45) is 5.92 Å². The van der Waals surface area contributed by atoms with Gasteiger partial charge in [-0.3, -0.25) is 0 Å². The number of halogens is 1. The molecule has 4 nitrogen and oxygen atoms in total. The lowest BCUT2D eigenvalue weighted by Gasteiger charge is -2.09. The second-order valence-electron chi connectivity index (χ2n) is 5.20. The highest BCUT2D eigenvalue weighted by molar-refractivity contribution is 9.10. The smallest absolute Gasteiger partial charge is 0.241 e. The van der Waals surface area contributed by atoms with E-state index in [0.717, 1.165) is 18.1 Å². The van der Waals surface area contributed by atoms with Crippen molar-refractivity contribution in [3.63, 3.8) is 0 Å². The maximum atomic E-state index is 12.1. The third-order valence-corrected chi connectivity index (χ3v) is 5.62. The monoisotopic (exact) mass is 361 g/mol. The van der Waals surface area contributed by atoms with Crippen molar-refractivity contribution >= 4 is 26.0 Å². The number of rotatable bonds is 8. The first-order chi connectivity index (χ1) is 9.49. The van der Waals surface area contributed by atoms with Gasteiger partial charge in [-0.25, -0.2) is 13.1 Å². The van der Waals surface area contributed by atoms with Crippen LogP contribution in [0.2, 0.25) is 0 Å². The molecule has 0 saturated heterocycles. The minimum Gasteiger partial charge on any atom is -0.381 e. The minimum atomic E-state index is -3.45. The first-order valence-corrected chi connectivity index (χ1v) is 9.10. The third-order valence-electron chi connectivity index (χ3n) is 3.18. The molecule has 0 radical (unpaired) electrons. The Kier molecular flexibility index (Phi) is 5.60. The summed E-state index contributed by atoms with van der Waals surface area (Å²) in [7, 11) is -3.45. The number of aryl methyl sites for hydroxylation is 1. The van der Waals surface area contributed by atoms with Crippen LogP contribution in [-0.4, -0.2) is 28.2 Å². The Morgan fingerprint density at radius 2 is 2.15 bits per heavy atom. The molecule has 6 heteroatoms. The maximum absolute atomic E-state index is 12.1. The molecule has 1 aliphatic carbocycles. The van der Waals surface area contributed by atoms with Gasteiger partial charge in [0, 0.05) is 24.2 Å². The number of sulfonamides is 1. The summed E-state index contributed by atoms with van der Waals surface area (Å²) in [6.07, 6.45) is 3.23. The molecular formula is C14H20BrNO3S. The molecule has 1 aromatic rings. The van der Waals surface area contributed by atoms with Gasteiger partial charge in [-0.2, -0.15) is 0 Å². The molecule has 1 fully saturated rings. The van der Waals surface area contributed by atoms with E-state index in [4.69, 9.17) is 4.74 Å². The van der Waals surface area contributed by atoms with Crippen LogP contribution in [-0.2, 0) is 14.8 Å². The average molecular weight is 362 g/mol. The second-order valence-corrected chi connectivity index (χ2v) is 7.79. The first-order valence-electron chi connectivity index (χ1n) is 6.82. The Morgan fingerprint density at radius 3 is 2.80 bits per heavy atom. The van der Waals surface area contributed by atoms with Gasteiger partial charge in [0.05, 0.1) is 4.90 Å². The van der Waals surface area contributed by atoms with E-state index in [9.17, 15) is 8.42 Å². The van der Waals surface area contributed by atoms with Crippen LogP contribution in [0.1, 0.15) is 24.8 Å². The summed E-state index contributed by atoms with van der Waals surface area (Å²) in [5.74, 6) is 0.746. The Hall–Kier alpha value is -0.430. The minimum absolute atomic E-state index is 0.280. The van der Waals surface area contributed by atoms with Crippen molar-refractivity contribution in [3.05, 3.63) is 28.2 Å². The molecule has 0 aliphatic heterocycles. The fraction of sp³-hybridized carbons (Fsp3) is 0.571. The maximum Gasteiger partial charge on any atom is 0.241 e. The molecule has 0 heterocycles. The SMILES string of the molecule is Cc1ccc(S(=O)(=O)NCCCOCC2CC2)c(Br)c1. The largest absolute Gasteiger partial charge is 0.381 e. The van der Waals surface area contributed by atoms with Crippen molar-refractivity contribution in [2.75, 3.05) is 19.8 Å². The number of hydrogen-bond donors (Lipinski definition) is 1. The van der Waals surface area contributed by atoms with Crippen LogP contribution >= 0.6 is 15.9 Å². The molecule has 112 valence electrons. The van der Waals surface area contributed by atoms with Gasteiger partial charge in [0.1, 0.15) is 0 Å². The van der Waals surface area contributed by atoms with Gasteiger partial charge in [-0.15, -0.1) is 0 Å². The Bertz CT molecular complexity index is 556. The summed E-state index contributed by atoms with van der Waals surface area (Å²) in [6, 6.07) is 5.21. The van der Waals surface area contributed by atoms with Crippen molar-refractivity contribution < 1.29 is 13.2 Å². The fourth-order valence-electron chi connectivity index (χ4n) is 1.82. The highest BCUT2D eigenvalue weighted by Gasteiger charge is 2.21. The van der Waals surface area contributed by atoms with Gasteiger partial charge in [0.15, 0.2) is 0 Å². The number of hydrogen-bond acceptors (Lipinski definition) is 3. The van der Waals surface area contributed by atoms with Crippen LogP contribution in [0.25, 0.3) is 0 Å². The molecule has 0 atom stereocenters. The molecule has 0 amide bonds. The summed E-state index contributed by atoms with van der Waals surface area (Å²) in [4.78, 5) is 0.280. The molecule has 1 N–H and O–H groups in total. The second kappa shape index (κ2) is 7.02. The van der Waals surface area contributed by atoms with E-state index in [0.29, 0.717) is 24.0 Å². The molecule has 1 aliphatic rings. The van der Waals surface area contributed by atoms with Crippen LogP contribution in [0.3, 0.4) is 0 Å². The first kappa shape index (κ1) is 15.9. The average Bonchev–Trinajstić information content (AvgIpc) is 3.17. The predicted octanol–water partition coefficient (Wildman–Crippen LogP) is 2.85. The van der Waals surface area contributed by atoms with Crippen LogP contribution in [0.15, 0.2) is 27.6 Å². The van der Waals surface area contributed by atoms with E-state index in [1.54, 1.807) is 18.2 Å². The van der Waals surface area contributed by atoms with Gasteiger partial charge >= 0.3 is 0 Å². The van der Waals surface area contributed by atoms with Crippen molar-refractivity contribution in [2.45, 2.75) is 31.1 Å². The van der Waals surface area contributed by atoms with Gasteiger partial charge in [-0.05, 0) is 65.7 Å². The van der Waals surface area contributed by atoms with E-state index in [2.05, 4.69) is 20.7 Å². The van der Waals surface area contributed by atoms with Crippen LogP contribution < -0.4 is 4.72 Å². The predicted molar refractivity (Wildman–Crippen MR) is 82.2 cm³/mol. The Balaban J connectivity index is 1.77. The standard InChI is InChI=1S/C14H20BrNO3S/c1-11-3-6-14(13(15)9-11)20(17,18)16-7-2-8-19-10-12-4-5-12/h3,6,9,12,16H,2,4-5,7-8,10H2,1H3. The number of nitrogens with one attached hydrogen (secondary N) is 1. The number of ether oxygens (including phenoxy) is 1. The summed E-state index contributed by atoms with van der Waals surface area (Å²) < 4.78 is 32.9. The van der Waals surface area contributed by atoms with Crippen LogP contribution in [0, 0.1) is 12.8 Å². The third kappa shape index (κ3) is 4.84. The van der Waals surface area contributed by atoms with Crippen LogP contribution in [0.5, 0.6) is 0 Å². The quantitative estimate of drug-likeness (QED) is 0.724. The lowest BCUT2D eigenvalue weighted by molar-refractivity contribution is 0.123. The molecule has 1 saturated carbocycles. The summed E-state index contributed by atoms with van der Waals surface area (Å²) in [5.41, 5.74) is 1.02. The van der Waals surface area contributed by atoms with Gasteiger partial charge in [0.2, 0.25) is 10.0 Å². The van der Waals surface area contributed by atoms with Gasteiger partial charge < -0.3 is 4.74 Å². The Morgan fingerprint density at radius 1 is 1.40 bits per heavy atom. The van der Waals surface area contributed by atoms with E-state index in [1.165, 1.54) is 12.8 Å². The summed E-state index contributed by atoms with van der Waals surface area (Å²) in [6.45, 7) is 3.74. The normalized spacial score (nSPS) is 15.5. The van der Waals surface area contributed by atoms with Crippen molar-refractivity contribution in [1.29, 1.82) is 0 Å². The molecule has 20 heavy (non-hydrogen) atoms. The molecule has 2 rings (SSSR count). The van der Waals surface area contributed by atoms with E-state index < -0.39 is 10.0 Å². The topological polar surface area (TPSA) is 55.4 Å². The summed E-state index contributed by atoms with van der Waals surface area (Å²) >= 11 is 3.30. The van der Waals surface area contributed by atoms with Gasteiger partial charge in [-0.1, -0.05) is 6.07 Å².